The fourth-order valence-corrected chi connectivity index (χ4v) is 2.14. The Hall–Kier alpha value is -1.09. The summed E-state index contributed by atoms with van der Waals surface area (Å²) in [7, 11) is 0. The van der Waals surface area contributed by atoms with Gasteiger partial charge in [0.05, 0.1) is 5.56 Å². The lowest BCUT2D eigenvalue weighted by atomic mass is 9.90. The quantitative estimate of drug-likeness (QED) is 0.793. The fourth-order valence-electron chi connectivity index (χ4n) is 1.99. The Morgan fingerprint density at radius 3 is 2.32 bits per heavy atom. The number of aromatic nitrogens is 1. The maximum Gasteiger partial charge on any atom is 0.262 e. The molecule has 0 aliphatic carbocycles. The molecule has 0 amide bonds. The van der Waals surface area contributed by atoms with Crippen molar-refractivity contribution in [1.82, 2.24) is 4.57 Å². The number of halogens is 1. The fraction of sp³-hybridized carbons (Fsp3) is 0.600. The molecule has 0 N–H and O–H groups in total. The maximum atomic E-state index is 12.3. The van der Waals surface area contributed by atoms with Crippen molar-refractivity contribution in [2.45, 2.75) is 53.0 Å². The molecule has 0 spiro atoms. The van der Waals surface area contributed by atoms with Gasteiger partial charge in [-0.25, -0.2) is 0 Å². The third kappa shape index (κ3) is 3.93. The summed E-state index contributed by atoms with van der Waals surface area (Å²) in [6.07, 6.45) is 0.892. The van der Waals surface area contributed by atoms with Gasteiger partial charge in [-0.1, -0.05) is 34.6 Å². The van der Waals surface area contributed by atoms with Gasteiger partial charge in [-0.15, -0.1) is 0 Å². The Morgan fingerprint density at radius 2 is 1.89 bits per heavy atom. The van der Waals surface area contributed by atoms with Crippen molar-refractivity contribution in [2.24, 2.45) is 5.92 Å². The Kier molecular flexibility index (Phi) is 4.97. The van der Waals surface area contributed by atoms with Crippen molar-refractivity contribution in [1.29, 1.82) is 0 Å². The van der Waals surface area contributed by atoms with E-state index in [-0.39, 0.29) is 16.5 Å². The normalized spacial score (nSPS) is 11.9. The molecule has 1 aromatic heterocycles. The summed E-state index contributed by atoms with van der Waals surface area (Å²) in [4.78, 5) is 23.6. The number of hydrogen-bond donors (Lipinski definition) is 0. The van der Waals surface area contributed by atoms with Crippen LogP contribution in [0.5, 0.6) is 0 Å². The predicted octanol–water partition coefficient (Wildman–Crippen LogP) is 3.57. The van der Waals surface area contributed by atoms with Gasteiger partial charge < -0.3 is 4.57 Å². The zero-order valence-corrected chi connectivity index (χ0v) is 13.0. The van der Waals surface area contributed by atoms with Crippen LogP contribution in [-0.2, 0) is 12.0 Å². The van der Waals surface area contributed by atoms with Crippen molar-refractivity contribution >= 4 is 16.8 Å². The average Bonchev–Trinajstić information content (AvgIpc) is 2.24. The van der Waals surface area contributed by atoms with Gasteiger partial charge in [-0.2, -0.15) is 0 Å². The molecule has 0 bridgehead atoms. The zero-order valence-electron chi connectivity index (χ0n) is 12.3. The molecule has 0 fully saturated rings. The molecule has 0 atom stereocenters. The van der Waals surface area contributed by atoms with Crippen molar-refractivity contribution in [3.8, 4) is 0 Å². The van der Waals surface area contributed by atoms with Crippen LogP contribution in [0.4, 0.5) is 0 Å². The maximum absolute atomic E-state index is 12.3. The molecule has 0 saturated carbocycles. The van der Waals surface area contributed by atoms with Crippen LogP contribution in [0.3, 0.4) is 0 Å². The molecule has 0 radical (unpaired) electrons. The Labute approximate surface area is 119 Å². The van der Waals surface area contributed by atoms with Crippen LogP contribution in [0, 0.1) is 5.92 Å². The van der Waals surface area contributed by atoms with Crippen molar-refractivity contribution in [2.75, 3.05) is 0 Å². The molecular formula is C15H22ClNO2. The van der Waals surface area contributed by atoms with Gasteiger partial charge in [0.15, 0.2) is 0 Å². The number of nitrogens with zero attached hydrogens (tertiary/aromatic N) is 1. The van der Waals surface area contributed by atoms with Crippen LogP contribution in [0.2, 0.25) is 0 Å². The van der Waals surface area contributed by atoms with E-state index in [0.717, 1.165) is 12.1 Å². The topological polar surface area (TPSA) is 39.1 Å². The summed E-state index contributed by atoms with van der Waals surface area (Å²) < 4.78 is 1.69. The standard InChI is InChI=1S/C15H22ClNO2/c1-10(2)8-9-17-12(15(3,4)5)7-6-11(13(16)18)14(17)19/h6-7,10H,8-9H2,1-5H3. The third-order valence-electron chi connectivity index (χ3n) is 3.08. The SMILES string of the molecule is CC(C)CCn1c(C(C)(C)C)ccc(C(=O)Cl)c1=O. The first kappa shape index (κ1) is 16.0. The van der Waals surface area contributed by atoms with E-state index < -0.39 is 5.24 Å². The number of pyridine rings is 1. The Bertz CT molecular complexity index is 524. The Balaban J connectivity index is 3.38. The lowest BCUT2D eigenvalue weighted by Crippen LogP contribution is -2.32. The van der Waals surface area contributed by atoms with Gasteiger partial charge >= 0.3 is 0 Å². The first-order valence-electron chi connectivity index (χ1n) is 6.58. The van der Waals surface area contributed by atoms with Crippen LogP contribution in [-0.4, -0.2) is 9.81 Å². The second-order valence-electron chi connectivity index (χ2n) is 6.30. The van der Waals surface area contributed by atoms with E-state index in [1.807, 2.05) is 6.07 Å². The van der Waals surface area contributed by atoms with E-state index >= 15 is 0 Å². The van der Waals surface area contributed by atoms with Gasteiger partial charge in [0.1, 0.15) is 0 Å². The van der Waals surface area contributed by atoms with Gasteiger partial charge in [0, 0.05) is 17.7 Å². The molecule has 1 heterocycles. The van der Waals surface area contributed by atoms with Crippen LogP contribution < -0.4 is 5.56 Å². The molecule has 0 aliphatic heterocycles. The highest BCUT2D eigenvalue weighted by Crippen LogP contribution is 2.22. The van der Waals surface area contributed by atoms with E-state index in [1.165, 1.54) is 6.07 Å². The van der Waals surface area contributed by atoms with Crippen LogP contribution in [0.25, 0.3) is 0 Å². The molecule has 19 heavy (non-hydrogen) atoms. The summed E-state index contributed by atoms with van der Waals surface area (Å²) in [6.45, 7) is 11.0. The summed E-state index contributed by atoms with van der Waals surface area (Å²) in [5.74, 6) is 0.495. The summed E-state index contributed by atoms with van der Waals surface area (Å²) in [6, 6.07) is 3.36. The van der Waals surface area contributed by atoms with E-state index in [4.69, 9.17) is 11.6 Å². The van der Waals surface area contributed by atoms with Crippen LogP contribution >= 0.6 is 11.6 Å². The highest BCUT2D eigenvalue weighted by Gasteiger charge is 2.21. The van der Waals surface area contributed by atoms with Gasteiger partial charge in [0.25, 0.3) is 10.8 Å². The molecule has 0 aliphatic rings. The van der Waals surface area contributed by atoms with E-state index in [2.05, 4.69) is 34.6 Å². The molecule has 1 aromatic rings. The highest BCUT2D eigenvalue weighted by atomic mass is 35.5. The number of carbonyl (C=O) groups excluding carboxylic acids is 1. The number of rotatable bonds is 4. The second kappa shape index (κ2) is 5.91. The lowest BCUT2D eigenvalue weighted by molar-refractivity contribution is 0.107. The Morgan fingerprint density at radius 1 is 1.32 bits per heavy atom. The number of hydrogen-bond acceptors (Lipinski definition) is 2. The summed E-state index contributed by atoms with van der Waals surface area (Å²) >= 11 is 5.46. The minimum Gasteiger partial charge on any atom is -0.311 e. The summed E-state index contributed by atoms with van der Waals surface area (Å²) in [5, 5.41) is -0.691. The second-order valence-corrected chi connectivity index (χ2v) is 6.64. The molecule has 3 nitrogen and oxygen atoms in total. The minimum absolute atomic E-state index is 0.0541. The van der Waals surface area contributed by atoms with E-state index in [0.29, 0.717) is 12.5 Å². The molecule has 4 heteroatoms. The minimum atomic E-state index is -0.691. The number of carbonyl (C=O) groups is 1. The molecule has 1 rings (SSSR count). The smallest absolute Gasteiger partial charge is 0.262 e. The van der Waals surface area contributed by atoms with Gasteiger partial charge in [-0.3, -0.25) is 9.59 Å². The lowest BCUT2D eigenvalue weighted by Gasteiger charge is -2.25. The molecular weight excluding hydrogens is 262 g/mol. The molecule has 0 unspecified atom stereocenters. The van der Waals surface area contributed by atoms with Crippen LogP contribution in [0.15, 0.2) is 16.9 Å². The highest BCUT2D eigenvalue weighted by molar-refractivity contribution is 6.67. The average molecular weight is 284 g/mol. The van der Waals surface area contributed by atoms with E-state index in [9.17, 15) is 9.59 Å². The molecule has 0 aromatic carbocycles. The first-order valence-corrected chi connectivity index (χ1v) is 6.96. The van der Waals surface area contributed by atoms with Crippen molar-refractivity contribution in [3.63, 3.8) is 0 Å². The van der Waals surface area contributed by atoms with E-state index in [1.54, 1.807) is 4.57 Å². The monoisotopic (exact) mass is 283 g/mol. The predicted molar refractivity (Wildman–Crippen MR) is 79.0 cm³/mol. The first-order chi connectivity index (χ1) is 8.64. The van der Waals surface area contributed by atoms with Gasteiger partial charge in [0.2, 0.25) is 0 Å². The summed E-state index contributed by atoms with van der Waals surface area (Å²) in [5.41, 5.74) is 0.552. The van der Waals surface area contributed by atoms with Gasteiger partial charge in [-0.05, 0) is 36.1 Å². The zero-order chi connectivity index (χ0) is 14.8. The van der Waals surface area contributed by atoms with Crippen molar-refractivity contribution in [3.05, 3.63) is 33.7 Å². The largest absolute Gasteiger partial charge is 0.311 e. The van der Waals surface area contributed by atoms with Crippen molar-refractivity contribution < 1.29 is 4.79 Å². The molecule has 106 valence electrons. The third-order valence-corrected chi connectivity index (χ3v) is 3.29. The molecule has 0 saturated heterocycles. The van der Waals surface area contributed by atoms with Crippen LogP contribution in [0.1, 0.15) is 57.1 Å².